The SMILES string of the molecule is Cc1cc(N)c2[nH]c3ccccc3c2c1-c1ccccc1O. The molecule has 0 saturated carbocycles. The third-order valence-corrected chi connectivity index (χ3v) is 4.18. The number of fused-ring (bicyclic) bond motifs is 3. The van der Waals surface area contributed by atoms with Crippen LogP contribution in [0, 0.1) is 6.92 Å². The molecule has 1 heterocycles. The highest BCUT2D eigenvalue weighted by Crippen LogP contribution is 2.42. The molecule has 3 aromatic carbocycles. The van der Waals surface area contributed by atoms with E-state index >= 15 is 0 Å². The molecule has 0 spiro atoms. The molecular formula is C19H16N2O. The summed E-state index contributed by atoms with van der Waals surface area (Å²) in [6.45, 7) is 2.03. The monoisotopic (exact) mass is 288 g/mol. The number of anilines is 1. The molecule has 0 radical (unpaired) electrons. The first-order chi connectivity index (χ1) is 10.7. The molecule has 108 valence electrons. The molecule has 0 fully saturated rings. The number of benzene rings is 3. The van der Waals surface area contributed by atoms with Crippen molar-refractivity contribution in [2.75, 3.05) is 5.73 Å². The van der Waals surface area contributed by atoms with Gasteiger partial charge in [-0.2, -0.15) is 0 Å². The fourth-order valence-electron chi connectivity index (χ4n) is 3.23. The molecule has 0 saturated heterocycles. The van der Waals surface area contributed by atoms with E-state index in [4.69, 9.17) is 5.73 Å². The van der Waals surface area contributed by atoms with Crippen LogP contribution in [-0.2, 0) is 0 Å². The van der Waals surface area contributed by atoms with Gasteiger partial charge >= 0.3 is 0 Å². The Kier molecular flexibility index (Phi) is 2.63. The van der Waals surface area contributed by atoms with Gasteiger partial charge in [-0.05, 0) is 36.2 Å². The topological polar surface area (TPSA) is 62.0 Å². The first-order valence-electron chi connectivity index (χ1n) is 7.24. The summed E-state index contributed by atoms with van der Waals surface area (Å²) in [5, 5.41) is 12.5. The summed E-state index contributed by atoms with van der Waals surface area (Å²) in [4.78, 5) is 3.40. The van der Waals surface area contributed by atoms with Crippen molar-refractivity contribution in [3.05, 3.63) is 60.2 Å². The first kappa shape index (κ1) is 12.8. The van der Waals surface area contributed by atoms with Gasteiger partial charge in [0.15, 0.2) is 0 Å². The molecule has 3 heteroatoms. The third kappa shape index (κ3) is 1.69. The minimum atomic E-state index is 0.280. The molecule has 3 nitrogen and oxygen atoms in total. The lowest BCUT2D eigenvalue weighted by Crippen LogP contribution is -1.92. The van der Waals surface area contributed by atoms with Crippen molar-refractivity contribution >= 4 is 27.5 Å². The van der Waals surface area contributed by atoms with E-state index in [1.807, 2.05) is 49.4 Å². The number of H-pyrrole nitrogens is 1. The summed E-state index contributed by atoms with van der Waals surface area (Å²) in [5.74, 6) is 0.280. The Hall–Kier alpha value is -2.94. The zero-order chi connectivity index (χ0) is 15.3. The minimum Gasteiger partial charge on any atom is -0.507 e. The van der Waals surface area contributed by atoms with E-state index in [-0.39, 0.29) is 5.75 Å². The molecule has 0 amide bonds. The van der Waals surface area contributed by atoms with Crippen molar-refractivity contribution in [3.63, 3.8) is 0 Å². The molecule has 4 aromatic rings. The van der Waals surface area contributed by atoms with E-state index < -0.39 is 0 Å². The summed E-state index contributed by atoms with van der Waals surface area (Å²) in [5.41, 5.74) is 11.8. The number of aromatic amines is 1. The van der Waals surface area contributed by atoms with E-state index in [0.29, 0.717) is 0 Å². The van der Waals surface area contributed by atoms with E-state index in [2.05, 4.69) is 11.1 Å². The number of aromatic nitrogens is 1. The Morgan fingerprint density at radius 2 is 1.73 bits per heavy atom. The Balaban J connectivity index is 2.25. The summed E-state index contributed by atoms with van der Waals surface area (Å²) in [6.07, 6.45) is 0. The zero-order valence-corrected chi connectivity index (χ0v) is 12.2. The van der Waals surface area contributed by atoms with Crippen LogP contribution in [0.25, 0.3) is 32.9 Å². The maximum Gasteiger partial charge on any atom is 0.123 e. The summed E-state index contributed by atoms with van der Waals surface area (Å²) >= 11 is 0. The number of aromatic hydroxyl groups is 1. The molecule has 0 aliphatic heterocycles. The normalized spacial score (nSPS) is 11.3. The van der Waals surface area contributed by atoms with Crippen molar-refractivity contribution < 1.29 is 5.11 Å². The highest BCUT2D eigenvalue weighted by Gasteiger charge is 2.17. The standard InChI is InChI=1S/C19H16N2O/c1-11-10-14(20)19-18(12-6-2-4-8-15(12)21-19)17(11)13-7-3-5-9-16(13)22/h2-10,21-22H,20H2,1H3. The molecule has 0 atom stereocenters. The average Bonchev–Trinajstić information content (AvgIpc) is 2.89. The molecule has 4 rings (SSSR count). The third-order valence-electron chi connectivity index (χ3n) is 4.18. The lowest BCUT2D eigenvalue weighted by atomic mass is 9.93. The number of para-hydroxylation sites is 2. The number of phenols is 1. The summed E-state index contributed by atoms with van der Waals surface area (Å²) in [6, 6.07) is 17.5. The number of nitrogen functional groups attached to an aromatic ring is 1. The van der Waals surface area contributed by atoms with Crippen LogP contribution in [0.3, 0.4) is 0 Å². The van der Waals surface area contributed by atoms with Crippen LogP contribution >= 0.6 is 0 Å². The van der Waals surface area contributed by atoms with Gasteiger partial charge in [0.1, 0.15) is 5.75 Å². The van der Waals surface area contributed by atoms with Gasteiger partial charge in [0.05, 0.1) is 11.2 Å². The molecule has 1 aromatic heterocycles. The van der Waals surface area contributed by atoms with Crippen LogP contribution in [0.1, 0.15) is 5.56 Å². The van der Waals surface area contributed by atoms with E-state index in [1.165, 1.54) is 0 Å². The fraction of sp³-hybridized carbons (Fsp3) is 0.0526. The number of hydrogen-bond donors (Lipinski definition) is 3. The minimum absolute atomic E-state index is 0.280. The Morgan fingerprint density at radius 3 is 2.55 bits per heavy atom. The molecule has 0 unspecified atom stereocenters. The average molecular weight is 288 g/mol. The van der Waals surface area contributed by atoms with Crippen LogP contribution in [0.5, 0.6) is 5.75 Å². The van der Waals surface area contributed by atoms with E-state index in [0.717, 1.165) is 44.2 Å². The number of hydrogen-bond acceptors (Lipinski definition) is 2. The van der Waals surface area contributed by atoms with E-state index in [9.17, 15) is 5.11 Å². The summed E-state index contributed by atoms with van der Waals surface area (Å²) < 4.78 is 0. The van der Waals surface area contributed by atoms with Crippen LogP contribution in [0.15, 0.2) is 54.6 Å². The second kappa shape index (κ2) is 4.53. The lowest BCUT2D eigenvalue weighted by Gasteiger charge is -2.12. The second-order valence-electron chi connectivity index (χ2n) is 5.60. The smallest absolute Gasteiger partial charge is 0.123 e. The second-order valence-corrected chi connectivity index (χ2v) is 5.60. The van der Waals surface area contributed by atoms with Gasteiger partial charge in [-0.25, -0.2) is 0 Å². The van der Waals surface area contributed by atoms with Gasteiger partial charge in [-0.1, -0.05) is 36.4 Å². The van der Waals surface area contributed by atoms with Gasteiger partial charge in [0, 0.05) is 21.9 Å². The number of phenolic OH excluding ortho intramolecular Hbond substituents is 1. The van der Waals surface area contributed by atoms with Crippen molar-refractivity contribution in [1.82, 2.24) is 4.98 Å². The highest BCUT2D eigenvalue weighted by molar-refractivity contribution is 6.18. The zero-order valence-electron chi connectivity index (χ0n) is 12.2. The highest BCUT2D eigenvalue weighted by atomic mass is 16.3. The maximum atomic E-state index is 10.3. The predicted octanol–water partition coefficient (Wildman–Crippen LogP) is 4.58. The molecule has 0 bridgehead atoms. The van der Waals surface area contributed by atoms with Crippen LogP contribution in [0.4, 0.5) is 5.69 Å². The van der Waals surface area contributed by atoms with Gasteiger partial charge in [0.25, 0.3) is 0 Å². The number of nitrogens with one attached hydrogen (secondary N) is 1. The Labute approximate surface area is 128 Å². The van der Waals surface area contributed by atoms with Gasteiger partial charge in [0.2, 0.25) is 0 Å². The summed E-state index contributed by atoms with van der Waals surface area (Å²) in [7, 11) is 0. The molecule has 0 aliphatic carbocycles. The first-order valence-corrected chi connectivity index (χ1v) is 7.24. The fourth-order valence-corrected chi connectivity index (χ4v) is 3.23. The van der Waals surface area contributed by atoms with Crippen molar-refractivity contribution in [2.45, 2.75) is 6.92 Å². The van der Waals surface area contributed by atoms with Gasteiger partial charge in [-0.15, -0.1) is 0 Å². The van der Waals surface area contributed by atoms with Crippen molar-refractivity contribution in [1.29, 1.82) is 0 Å². The Bertz CT molecular complexity index is 1010. The van der Waals surface area contributed by atoms with E-state index in [1.54, 1.807) is 6.07 Å². The predicted molar refractivity (Wildman–Crippen MR) is 92.1 cm³/mol. The number of nitrogens with two attached hydrogens (primary N) is 1. The molecular weight excluding hydrogens is 272 g/mol. The van der Waals surface area contributed by atoms with Crippen molar-refractivity contribution in [2.24, 2.45) is 0 Å². The Morgan fingerprint density at radius 1 is 1.00 bits per heavy atom. The van der Waals surface area contributed by atoms with Gasteiger partial charge in [-0.3, -0.25) is 0 Å². The van der Waals surface area contributed by atoms with Crippen LogP contribution in [-0.4, -0.2) is 10.1 Å². The van der Waals surface area contributed by atoms with Crippen LogP contribution < -0.4 is 5.73 Å². The number of aryl methyl sites for hydroxylation is 1. The largest absolute Gasteiger partial charge is 0.507 e. The molecule has 22 heavy (non-hydrogen) atoms. The molecule has 4 N–H and O–H groups in total. The quantitative estimate of drug-likeness (QED) is 0.449. The van der Waals surface area contributed by atoms with Crippen LogP contribution in [0.2, 0.25) is 0 Å². The molecule has 0 aliphatic rings. The number of rotatable bonds is 1. The maximum absolute atomic E-state index is 10.3. The van der Waals surface area contributed by atoms with Crippen molar-refractivity contribution in [3.8, 4) is 16.9 Å². The van der Waals surface area contributed by atoms with Gasteiger partial charge < -0.3 is 15.8 Å². The lowest BCUT2D eigenvalue weighted by molar-refractivity contribution is 0.477.